The quantitative estimate of drug-likeness (QED) is 0.613. The van der Waals surface area contributed by atoms with E-state index in [4.69, 9.17) is 9.47 Å². The van der Waals surface area contributed by atoms with Crippen LogP contribution in [0.25, 0.3) is 0 Å². The van der Waals surface area contributed by atoms with Gasteiger partial charge in [0.05, 0.1) is 24.7 Å². The minimum Gasteiger partial charge on any atom is -0.494 e. The molecule has 1 saturated heterocycles. The first kappa shape index (κ1) is 24.0. The number of nitrogens with zero attached hydrogens (tertiary/aromatic N) is 2. The molecule has 0 aliphatic carbocycles. The number of sulfonamides is 1. The van der Waals surface area contributed by atoms with Crippen molar-refractivity contribution in [2.45, 2.75) is 31.1 Å². The molecule has 2 aromatic carbocycles. The highest BCUT2D eigenvalue weighted by molar-refractivity contribution is 7.92. The minimum atomic E-state index is -3.79. The van der Waals surface area contributed by atoms with Gasteiger partial charge in [0.25, 0.3) is 10.0 Å². The van der Waals surface area contributed by atoms with E-state index in [1.807, 2.05) is 6.92 Å². The van der Waals surface area contributed by atoms with E-state index in [1.165, 1.54) is 6.07 Å². The van der Waals surface area contributed by atoms with Gasteiger partial charge in [-0.05, 0) is 61.4 Å². The SMILES string of the molecule is CCOc1ccc(NS(=O)(=O)c2ccc3c(c2)CCN3C(=O)CCC(=O)N2CCOCC2)cc1. The van der Waals surface area contributed by atoms with Crippen molar-refractivity contribution in [3.63, 3.8) is 0 Å². The van der Waals surface area contributed by atoms with Crippen LogP contribution in [0.4, 0.5) is 11.4 Å². The van der Waals surface area contributed by atoms with E-state index < -0.39 is 10.0 Å². The highest BCUT2D eigenvalue weighted by Gasteiger charge is 2.27. The zero-order valence-corrected chi connectivity index (χ0v) is 20.0. The predicted molar refractivity (Wildman–Crippen MR) is 128 cm³/mol. The fraction of sp³-hybridized carbons (Fsp3) is 0.417. The Morgan fingerprint density at radius 2 is 1.71 bits per heavy atom. The Morgan fingerprint density at radius 1 is 1.00 bits per heavy atom. The molecule has 0 spiro atoms. The van der Waals surface area contributed by atoms with Crippen molar-refractivity contribution < 1.29 is 27.5 Å². The largest absolute Gasteiger partial charge is 0.494 e. The number of rotatable bonds is 8. The van der Waals surface area contributed by atoms with Gasteiger partial charge in [0, 0.05) is 43.9 Å². The molecule has 2 aromatic rings. The molecule has 2 aliphatic rings. The Morgan fingerprint density at radius 3 is 2.41 bits per heavy atom. The van der Waals surface area contributed by atoms with Gasteiger partial charge < -0.3 is 19.3 Å². The Labute approximate surface area is 199 Å². The number of ether oxygens (including phenoxy) is 2. The van der Waals surface area contributed by atoms with E-state index in [-0.39, 0.29) is 29.6 Å². The molecule has 182 valence electrons. The fourth-order valence-electron chi connectivity index (χ4n) is 4.12. The van der Waals surface area contributed by atoms with Crippen molar-refractivity contribution in [3.05, 3.63) is 48.0 Å². The molecule has 2 amide bonds. The maximum atomic E-state index is 12.9. The maximum Gasteiger partial charge on any atom is 0.261 e. The lowest BCUT2D eigenvalue weighted by atomic mass is 10.2. The summed E-state index contributed by atoms with van der Waals surface area (Å²) in [5.74, 6) is 0.487. The average Bonchev–Trinajstić information content (AvgIpc) is 3.27. The molecule has 0 atom stereocenters. The number of anilines is 2. The van der Waals surface area contributed by atoms with Gasteiger partial charge in [-0.3, -0.25) is 14.3 Å². The van der Waals surface area contributed by atoms with Gasteiger partial charge in [-0.2, -0.15) is 0 Å². The van der Waals surface area contributed by atoms with Crippen LogP contribution in [0.15, 0.2) is 47.4 Å². The van der Waals surface area contributed by atoms with Crippen LogP contribution in [0.3, 0.4) is 0 Å². The number of carbonyl (C=O) groups excluding carboxylic acids is 2. The summed E-state index contributed by atoms with van der Waals surface area (Å²) in [6.45, 7) is 5.04. The number of carbonyl (C=O) groups is 2. The van der Waals surface area contributed by atoms with Gasteiger partial charge >= 0.3 is 0 Å². The molecule has 10 heteroatoms. The van der Waals surface area contributed by atoms with Crippen LogP contribution in [0.1, 0.15) is 25.3 Å². The van der Waals surface area contributed by atoms with Crippen molar-refractivity contribution >= 4 is 33.2 Å². The van der Waals surface area contributed by atoms with E-state index in [9.17, 15) is 18.0 Å². The van der Waals surface area contributed by atoms with Crippen molar-refractivity contribution in [2.24, 2.45) is 0 Å². The summed E-state index contributed by atoms with van der Waals surface area (Å²) in [6, 6.07) is 11.5. The number of hydrogen-bond donors (Lipinski definition) is 1. The standard InChI is InChI=1S/C24H29N3O6S/c1-2-33-20-5-3-19(4-6-20)25-34(30,31)21-7-8-22-18(17-21)11-12-27(22)24(29)10-9-23(28)26-13-15-32-16-14-26/h3-8,17,25H,2,9-16H2,1H3. The molecule has 9 nitrogen and oxygen atoms in total. The van der Waals surface area contributed by atoms with E-state index in [2.05, 4.69) is 4.72 Å². The van der Waals surface area contributed by atoms with Crippen molar-refractivity contribution in [2.75, 3.05) is 49.1 Å². The van der Waals surface area contributed by atoms with Gasteiger partial charge in [-0.25, -0.2) is 8.42 Å². The Kier molecular flexibility index (Phi) is 7.38. The normalized spacial score (nSPS) is 15.7. The molecule has 4 rings (SSSR count). The Bertz CT molecular complexity index is 1140. The molecule has 0 radical (unpaired) electrons. The summed E-state index contributed by atoms with van der Waals surface area (Å²) in [6.07, 6.45) is 0.836. The van der Waals surface area contributed by atoms with Gasteiger partial charge in [0.1, 0.15) is 5.75 Å². The summed E-state index contributed by atoms with van der Waals surface area (Å²) < 4.78 is 39.0. The molecular weight excluding hydrogens is 458 g/mol. The molecule has 1 fully saturated rings. The van der Waals surface area contributed by atoms with Crippen LogP contribution in [0.2, 0.25) is 0 Å². The third-order valence-corrected chi connectivity index (χ3v) is 7.27. The number of amides is 2. The molecule has 0 aromatic heterocycles. The summed E-state index contributed by atoms with van der Waals surface area (Å²) in [5, 5.41) is 0. The zero-order valence-electron chi connectivity index (χ0n) is 19.2. The maximum absolute atomic E-state index is 12.9. The topological polar surface area (TPSA) is 105 Å². The number of benzene rings is 2. The van der Waals surface area contributed by atoms with E-state index in [1.54, 1.807) is 46.2 Å². The molecule has 0 saturated carbocycles. The molecule has 0 bridgehead atoms. The van der Waals surface area contributed by atoms with Crippen molar-refractivity contribution in [1.29, 1.82) is 0 Å². The fourth-order valence-corrected chi connectivity index (χ4v) is 5.23. The van der Waals surface area contributed by atoms with Gasteiger partial charge in [0.15, 0.2) is 0 Å². The lowest BCUT2D eigenvalue weighted by Gasteiger charge is -2.27. The second-order valence-corrected chi connectivity index (χ2v) is 9.82. The predicted octanol–water partition coefficient (Wildman–Crippen LogP) is 2.41. The lowest BCUT2D eigenvalue weighted by molar-refractivity contribution is -0.136. The Hall–Kier alpha value is -3.11. The van der Waals surface area contributed by atoms with Crippen LogP contribution in [-0.4, -0.2) is 64.6 Å². The van der Waals surface area contributed by atoms with Crippen molar-refractivity contribution in [3.8, 4) is 5.75 Å². The highest BCUT2D eigenvalue weighted by Crippen LogP contribution is 2.31. The summed E-state index contributed by atoms with van der Waals surface area (Å²) in [5.41, 5.74) is 1.93. The Balaban J connectivity index is 1.39. The minimum absolute atomic E-state index is 0.0436. The first-order valence-corrected chi connectivity index (χ1v) is 12.9. The van der Waals surface area contributed by atoms with Crippen LogP contribution >= 0.6 is 0 Å². The van der Waals surface area contributed by atoms with Crippen LogP contribution in [0, 0.1) is 0 Å². The molecule has 0 unspecified atom stereocenters. The van der Waals surface area contributed by atoms with E-state index >= 15 is 0 Å². The second-order valence-electron chi connectivity index (χ2n) is 8.14. The third-order valence-electron chi connectivity index (χ3n) is 5.89. The zero-order chi connectivity index (χ0) is 24.1. The van der Waals surface area contributed by atoms with Crippen LogP contribution in [-0.2, 0) is 30.8 Å². The first-order chi connectivity index (χ1) is 16.4. The highest BCUT2D eigenvalue weighted by atomic mass is 32.2. The second kappa shape index (κ2) is 10.4. The first-order valence-electron chi connectivity index (χ1n) is 11.4. The number of nitrogens with one attached hydrogen (secondary N) is 1. The summed E-state index contributed by atoms with van der Waals surface area (Å²) in [7, 11) is -3.79. The van der Waals surface area contributed by atoms with Crippen LogP contribution < -0.4 is 14.4 Å². The van der Waals surface area contributed by atoms with Gasteiger partial charge in [-0.1, -0.05) is 0 Å². The molecular formula is C24H29N3O6S. The number of hydrogen-bond acceptors (Lipinski definition) is 6. The lowest BCUT2D eigenvalue weighted by Crippen LogP contribution is -2.41. The molecule has 34 heavy (non-hydrogen) atoms. The molecule has 1 N–H and O–H groups in total. The van der Waals surface area contributed by atoms with Crippen LogP contribution in [0.5, 0.6) is 5.75 Å². The average molecular weight is 488 g/mol. The van der Waals surface area contributed by atoms with Gasteiger partial charge in [-0.15, -0.1) is 0 Å². The monoisotopic (exact) mass is 487 g/mol. The number of morpholine rings is 1. The molecule has 2 heterocycles. The molecule has 2 aliphatic heterocycles. The smallest absolute Gasteiger partial charge is 0.261 e. The van der Waals surface area contributed by atoms with E-state index in [0.29, 0.717) is 63.0 Å². The third kappa shape index (κ3) is 5.51. The number of fused-ring (bicyclic) bond motifs is 1. The summed E-state index contributed by atoms with van der Waals surface area (Å²) >= 11 is 0. The van der Waals surface area contributed by atoms with E-state index in [0.717, 1.165) is 5.56 Å². The summed E-state index contributed by atoms with van der Waals surface area (Å²) in [4.78, 5) is 28.6. The van der Waals surface area contributed by atoms with Gasteiger partial charge in [0.2, 0.25) is 11.8 Å². The van der Waals surface area contributed by atoms with Crippen molar-refractivity contribution in [1.82, 2.24) is 4.90 Å².